The topological polar surface area (TPSA) is 58.6 Å². The zero-order chi connectivity index (χ0) is 20.1. The van der Waals surface area contributed by atoms with Gasteiger partial charge in [0.1, 0.15) is 5.82 Å². The van der Waals surface area contributed by atoms with Gasteiger partial charge in [-0.05, 0) is 48.7 Å². The molecule has 0 unspecified atom stereocenters. The smallest absolute Gasteiger partial charge is 0.243 e. The van der Waals surface area contributed by atoms with E-state index < -0.39 is 5.41 Å². The molecule has 2 aromatic rings. The van der Waals surface area contributed by atoms with E-state index in [9.17, 15) is 14.0 Å². The van der Waals surface area contributed by atoms with Crippen molar-refractivity contribution < 1.29 is 18.7 Å². The molecule has 1 N–H and O–H groups in total. The molecule has 2 aromatic carbocycles. The Morgan fingerprint density at radius 1 is 1.18 bits per heavy atom. The van der Waals surface area contributed by atoms with Crippen LogP contribution in [0.15, 0.2) is 48.5 Å². The predicted octanol–water partition coefficient (Wildman–Crippen LogP) is 3.62. The summed E-state index contributed by atoms with van der Waals surface area (Å²) >= 11 is 5.93. The number of likely N-dealkylation sites (N-methyl/N-ethyl adjacent to an activating group) is 1. The fourth-order valence-corrected chi connectivity index (χ4v) is 3.72. The van der Waals surface area contributed by atoms with E-state index in [0.717, 1.165) is 5.56 Å². The normalized spacial score (nSPS) is 15.7. The van der Waals surface area contributed by atoms with Gasteiger partial charge in [0.25, 0.3) is 0 Å². The Morgan fingerprint density at radius 2 is 1.86 bits per heavy atom. The Hall–Kier alpha value is -2.44. The van der Waals surface area contributed by atoms with Crippen molar-refractivity contribution in [2.45, 2.75) is 18.3 Å². The second kappa shape index (κ2) is 8.71. The zero-order valence-corrected chi connectivity index (χ0v) is 16.3. The Bertz CT molecular complexity index is 851. The second-order valence-corrected chi connectivity index (χ2v) is 7.36. The summed E-state index contributed by atoms with van der Waals surface area (Å²) in [4.78, 5) is 27.1. The van der Waals surface area contributed by atoms with Gasteiger partial charge in [-0.2, -0.15) is 0 Å². The lowest BCUT2D eigenvalue weighted by Gasteiger charge is -2.39. The number of carbonyl (C=O) groups excluding carboxylic acids is 2. The Balaban J connectivity index is 1.75. The molecule has 0 radical (unpaired) electrons. The molecule has 3 rings (SSSR count). The van der Waals surface area contributed by atoms with Gasteiger partial charge >= 0.3 is 0 Å². The number of nitrogens with zero attached hydrogens (tertiary/aromatic N) is 1. The van der Waals surface area contributed by atoms with Crippen LogP contribution in [0.25, 0.3) is 0 Å². The summed E-state index contributed by atoms with van der Waals surface area (Å²) in [5.74, 6) is -0.851. The molecule has 0 spiro atoms. The van der Waals surface area contributed by atoms with Gasteiger partial charge in [-0.3, -0.25) is 9.59 Å². The van der Waals surface area contributed by atoms with Crippen LogP contribution < -0.4 is 5.32 Å². The summed E-state index contributed by atoms with van der Waals surface area (Å²) in [6.45, 7) is 0.770. The minimum Gasteiger partial charge on any atom is -0.381 e. The van der Waals surface area contributed by atoms with E-state index in [1.165, 1.54) is 17.0 Å². The number of halogens is 2. The van der Waals surface area contributed by atoms with Gasteiger partial charge in [0, 0.05) is 31.0 Å². The molecule has 2 amide bonds. The second-order valence-electron chi connectivity index (χ2n) is 6.92. The summed E-state index contributed by atoms with van der Waals surface area (Å²) in [6, 6.07) is 12.8. The molecular formula is C21H22ClFN2O3. The van der Waals surface area contributed by atoms with Crippen LogP contribution in [0.1, 0.15) is 18.4 Å². The maximum atomic E-state index is 13.4. The number of rotatable bonds is 5. The SMILES string of the molecule is CN(CC(=O)Nc1cccc(Cl)c1)C(=O)C1(c2ccc(F)cc2)CCOCC1. The summed E-state index contributed by atoms with van der Waals surface area (Å²) in [5.41, 5.74) is 0.485. The third-order valence-electron chi connectivity index (χ3n) is 4.99. The summed E-state index contributed by atoms with van der Waals surface area (Å²) in [6.07, 6.45) is 0.968. The van der Waals surface area contributed by atoms with Gasteiger partial charge in [0.2, 0.25) is 11.8 Å². The predicted molar refractivity (Wildman–Crippen MR) is 106 cm³/mol. The van der Waals surface area contributed by atoms with Crippen molar-refractivity contribution in [3.05, 3.63) is 64.9 Å². The van der Waals surface area contributed by atoms with Gasteiger partial charge < -0.3 is 15.0 Å². The molecule has 1 aliphatic heterocycles. The monoisotopic (exact) mass is 404 g/mol. The quantitative estimate of drug-likeness (QED) is 0.828. The molecule has 7 heteroatoms. The van der Waals surface area contributed by atoms with Gasteiger partial charge in [-0.15, -0.1) is 0 Å². The third kappa shape index (κ3) is 4.51. The Morgan fingerprint density at radius 3 is 2.50 bits per heavy atom. The number of carbonyl (C=O) groups is 2. The zero-order valence-electron chi connectivity index (χ0n) is 15.6. The minimum absolute atomic E-state index is 0.102. The van der Waals surface area contributed by atoms with E-state index in [2.05, 4.69) is 5.32 Å². The number of hydrogen-bond donors (Lipinski definition) is 1. The highest BCUT2D eigenvalue weighted by molar-refractivity contribution is 6.30. The first kappa shape index (κ1) is 20.3. The summed E-state index contributed by atoms with van der Waals surface area (Å²) < 4.78 is 18.8. The lowest BCUT2D eigenvalue weighted by atomic mass is 9.73. The van der Waals surface area contributed by atoms with Crippen LogP contribution in [0.2, 0.25) is 5.02 Å². The van der Waals surface area contributed by atoms with Crippen molar-refractivity contribution >= 4 is 29.1 Å². The van der Waals surface area contributed by atoms with Crippen molar-refractivity contribution in [3.8, 4) is 0 Å². The molecule has 1 aliphatic rings. The lowest BCUT2D eigenvalue weighted by Crippen LogP contribution is -2.50. The van der Waals surface area contributed by atoms with E-state index >= 15 is 0 Å². The number of ether oxygens (including phenoxy) is 1. The van der Waals surface area contributed by atoms with E-state index in [1.807, 2.05) is 0 Å². The molecule has 0 bridgehead atoms. The van der Waals surface area contributed by atoms with Gasteiger partial charge in [-0.25, -0.2) is 4.39 Å². The van der Waals surface area contributed by atoms with Crippen LogP contribution in [-0.4, -0.2) is 43.5 Å². The molecule has 5 nitrogen and oxygen atoms in total. The van der Waals surface area contributed by atoms with Gasteiger partial charge in [0.05, 0.1) is 12.0 Å². The fraction of sp³-hybridized carbons (Fsp3) is 0.333. The van der Waals surface area contributed by atoms with E-state index in [4.69, 9.17) is 16.3 Å². The fourth-order valence-electron chi connectivity index (χ4n) is 3.53. The average Bonchev–Trinajstić information content (AvgIpc) is 2.68. The first-order chi connectivity index (χ1) is 13.4. The number of anilines is 1. The van der Waals surface area contributed by atoms with Crippen molar-refractivity contribution in [1.29, 1.82) is 0 Å². The molecule has 0 aromatic heterocycles. The molecule has 148 valence electrons. The number of amides is 2. The standard InChI is InChI=1S/C21H22ClFN2O3/c1-25(14-19(26)24-18-4-2-3-16(22)13-18)20(27)21(9-11-28-12-10-21)15-5-7-17(23)8-6-15/h2-8,13H,9-12,14H2,1H3,(H,24,26). The highest BCUT2D eigenvalue weighted by Crippen LogP contribution is 2.36. The highest BCUT2D eigenvalue weighted by Gasteiger charge is 2.43. The van der Waals surface area contributed by atoms with Crippen LogP contribution in [-0.2, 0) is 19.7 Å². The number of benzene rings is 2. The average molecular weight is 405 g/mol. The lowest BCUT2D eigenvalue weighted by molar-refractivity contribution is -0.142. The molecule has 28 heavy (non-hydrogen) atoms. The molecule has 0 saturated carbocycles. The minimum atomic E-state index is -0.822. The Labute approximate surface area is 168 Å². The van der Waals surface area contributed by atoms with Gasteiger partial charge in [0.15, 0.2) is 0 Å². The summed E-state index contributed by atoms with van der Waals surface area (Å²) in [7, 11) is 1.60. The van der Waals surface area contributed by atoms with Crippen molar-refractivity contribution in [2.24, 2.45) is 0 Å². The molecule has 0 aliphatic carbocycles. The largest absolute Gasteiger partial charge is 0.381 e. The van der Waals surface area contributed by atoms with Crippen LogP contribution in [0.4, 0.5) is 10.1 Å². The van der Waals surface area contributed by atoms with Crippen LogP contribution in [0.5, 0.6) is 0 Å². The molecule has 1 fully saturated rings. The molecular weight excluding hydrogens is 383 g/mol. The Kier molecular flexibility index (Phi) is 6.31. The van der Waals surface area contributed by atoms with Gasteiger partial charge in [-0.1, -0.05) is 29.8 Å². The van der Waals surface area contributed by atoms with Crippen molar-refractivity contribution in [2.75, 3.05) is 32.1 Å². The highest BCUT2D eigenvalue weighted by atomic mass is 35.5. The molecule has 0 atom stereocenters. The van der Waals surface area contributed by atoms with E-state index in [-0.39, 0.29) is 24.2 Å². The van der Waals surface area contributed by atoms with Crippen LogP contribution >= 0.6 is 11.6 Å². The van der Waals surface area contributed by atoms with Crippen LogP contribution in [0.3, 0.4) is 0 Å². The molecule has 1 heterocycles. The van der Waals surface area contributed by atoms with E-state index in [0.29, 0.717) is 36.8 Å². The number of hydrogen-bond acceptors (Lipinski definition) is 3. The first-order valence-electron chi connectivity index (χ1n) is 9.05. The maximum absolute atomic E-state index is 13.4. The summed E-state index contributed by atoms with van der Waals surface area (Å²) in [5, 5.41) is 3.25. The first-order valence-corrected chi connectivity index (χ1v) is 9.43. The maximum Gasteiger partial charge on any atom is 0.243 e. The third-order valence-corrected chi connectivity index (χ3v) is 5.22. The molecule has 1 saturated heterocycles. The number of nitrogens with one attached hydrogen (secondary N) is 1. The van der Waals surface area contributed by atoms with Crippen LogP contribution in [0, 0.1) is 5.82 Å². The van der Waals surface area contributed by atoms with E-state index in [1.54, 1.807) is 43.4 Å². The van der Waals surface area contributed by atoms with Crippen molar-refractivity contribution in [3.63, 3.8) is 0 Å². The van der Waals surface area contributed by atoms with Crippen molar-refractivity contribution in [1.82, 2.24) is 4.90 Å².